The largest absolute Gasteiger partial charge is 0.371 e. The van der Waals surface area contributed by atoms with E-state index in [1.54, 1.807) is 20.3 Å². The van der Waals surface area contributed by atoms with Crippen LogP contribution in [-0.4, -0.2) is 67.1 Å². The number of primary amides is 2. The molecule has 0 radical (unpaired) electrons. The molecule has 44 heavy (non-hydrogen) atoms. The van der Waals surface area contributed by atoms with Crippen LogP contribution in [0, 0.1) is 0 Å². The molecule has 240 valence electrons. The average Bonchev–Trinajstić information content (AvgIpc) is 3.08. The van der Waals surface area contributed by atoms with Gasteiger partial charge in [0.2, 0.25) is 0 Å². The Morgan fingerprint density at radius 2 is 1.39 bits per heavy atom. The molecule has 0 aliphatic carbocycles. The number of piperidine rings is 2. The molecular weight excluding hydrogens is 552 g/mol. The number of carbonyl (C=O) groups excluding carboxylic acids is 2. The van der Waals surface area contributed by atoms with E-state index in [1.807, 2.05) is 27.7 Å². The van der Waals surface area contributed by atoms with Crippen molar-refractivity contribution in [2.75, 3.05) is 55.4 Å². The minimum absolute atomic E-state index is 0.165. The second-order valence-corrected chi connectivity index (χ2v) is 10.4. The van der Waals surface area contributed by atoms with Crippen LogP contribution in [-0.2, 0) is 0 Å². The first-order valence-corrected chi connectivity index (χ1v) is 15.9. The zero-order valence-corrected chi connectivity index (χ0v) is 27.4. The molecule has 0 saturated carbocycles. The Morgan fingerprint density at radius 1 is 0.818 bits per heavy atom. The summed E-state index contributed by atoms with van der Waals surface area (Å²) in [7, 11) is 3.20. The number of aromatic nitrogens is 2. The van der Waals surface area contributed by atoms with E-state index in [4.69, 9.17) is 16.5 Å². The maximum Gasteiger partial charge on any atom is 0.314 e. The number of amides is 3. The number of nitrogens with one attached hydrogen (secondary N) is 1. The Bertz CT molecular complexity index is 1250. The highest BCUT2D eigenvalue weighted by atomic mass is 16.2. The van der Waals surface area contributed by atoms with Gasteiger partial charge < -0.3 is 31.5 Å². The van der Waals surface area contributed by atoms with E-state index in [-0.39, 0.29) is 5.69 Å². The first-order valence-electron chi connectivity index (χ1n) is 15.9. The standard InChI is InChI=1S/C27H32N6O.C3H8N2O.2C2H6/c28-26(34)25-27(31-24(19-29-25)33-15-5-2-6-16-33)30-22-11-9-20(10-12-22)21-13-17-32(18-14-21)23-7-3-1-4-8-23;1-5(2)3(4)6;2*1-2/h1,3-4,7-12,19,21H,2,5-6,13-18H2,(H2,28,34)(H,30,31);1-2H3,(H2,4,6);2*1-2H3. The van der Waals surface area contributed by atoms with E-state index < -0.39 is 11.9 Å². The van der Waals surface area contributed by atoms with Crippen LogP contribution in [0.1, 0.15) is 81.8 Å². The molecule has 3 aromatic rings. The second kappa shape index (κ2) is 19.0. The monoisotopic (exact) mass is 604 g/mol. The van der Waals surface area contributed by atoms with Gasteiger partial charge in [-0.05, 0) is 67.9 Å². The van der Waals surface area contributed by atoms with Gasteiger partial charge in [-0.3, -0.25) is 4.79 Å². The summed E-state index contributed by atoms with van der Waals surface area (Å²) in [5.41, 5.74) is 14.0. The lowest BCUT2D eigenvalue weighted by molar-refractivity contribution is 0.0996. The molecule has 3 amide bonds. The van der Waals surface area contributed by atoms with Gasteiger partial charge in [-0.15, -0.1) is 0 Å². The molecule has 2 fully saturated rings. The molecule has 2 saturated heterocycles. The number of nitrogens with zero attached hydrogens (tertiary/aromatic N) is 5. The van der Waals surface area contributed by atoms with Crippen molar-refractivity contribution in [1.82, 2.24) is 14.9 Å². The van der Waals surface area contributed by atoms with E-state index in [1.165, 1.54) is 22.6 Å². The molecule has 0 unspecified atom stereocenters. The van der Waals surface area contributed by atoms with Crippen LogP contribution >= 0.6 is 0 Å². The lowest BCUT2D eigenvalue weighted by atomic mass is 9.89. The first kappa shape index (κ1) is 35.9. The third kappa shape index (κ3) is 10.7. The Labute approximate surface area is 263 Å². The summed E-state index contributed by atoms with van der Waals surface area (Å²) in [6.07, 6.45) is 7.46. The van der Waals surface area contributed by atoms with E-state index >= 15 is 0 Å². The van der Waals surface area contributed by atoms with Crippen LogP contribution in [0.4, 0.5) is 27.8 Å². The minimum Gasteiger partial charge on any atom is -0.371 e. The predicted octanol–water partition coefficient (Wildman–Crippen LogP) is 6.37. The highest BCUT2D eigenvalue weighted by molar-refractivity contribution is 5.96. The molecule has 10 nitrogen and oxygen atoms in total. The smallest absolute Gasteiger partial charge is 0.314 e. The zero-order valence-electron chi connectivity index (χ0n) is 27.4. The SMILES string of the molecule is CC.CC.CN(C)C(N)=O.NC(=O)c1ncc(N2CCCCC2)nc1Nc1ccc(C2CCN(c3ccccc3)CC2)cc1. The fourth-order valence-corrected chi connectivity index (χ4v) is 5.01. The Hall–Kier alpha value is -4.34. The molecular formula is C34H52N8O2. The van der Waals surface area contributed by atoms with Crippen LogP contribution in [0.2, 0.25) is 0 Å². The van der Waals surface area contributed by atoms with E-state index in [2.05, 4.69) is 74.7 Å². The average molecular weight is 605 g/mol. The summed E-state index contributed by atoms with van der Waals surface area (Å²) in [6, 6.07) is 18.7. The molecule has 0 atom stereocenters. The summed E-state index contributed by atoms with van der Waals surface area (Å²) in [6.45, 7) is 12.1. The number of hydrogen-bond donors (Lipinski definition) is 3. The lowest BCUT2D eigenvalue weighted by Crippen LogP contribution is -2.32. The molecule has 5 rings (SSSR count). The quantitative estimate of drug-likeness (QED) is 0.298. The van der Waals surface area contributed by atoms with Crippen molar-refractivity contribution in [2.45, 2.75) is 65.7 Å². The number of nitrogens with two attached hydrogens (primary N) is 2. The second-order valence-electron chi connectivity index (χ2n) is 10.4. The Morgan fingerprint density at radius 3 is 1.91 bits per heavy atom. The first-order chi connectivity index (χ1) is 21.3. The van der Waals surface area contributed by atoms with Crippen molar-refractivity contribution in [3.8, 4) is 0 Å². The molecule has 2 aliphatic heterocycles. The number of anilines is 4. The fraction of sp³-hybridized carbons (Fsp3) is 0.471. The van der Waals surface area contributed by atoms with Crippen molar-refractivity contribution in [2.24, 2.45) is 11.5 Å². The van der Waals surface area contributed by atoms with E-state index in [0.29, 0.717) is 11.7 Å². The van der Waals surface area contributed by atoms with Gasteiger partial charge in [0.05, 0.1) is 6.20 Å². The Balaban J connectivity index is 0.000000597. The van der Waals surface area contributed by atoms with Gasteiger partial charge in [-0.1, -0.05) is 58.0 Å². The molecule has 1 aromatic heterocycles. The van der Waals surface area contributed by atoms with E-state index in [9.17, 15) is 9.59 Å². The van der Waals surface area contributed by atoms with Crippen LogP contribution < -0.4 is 26.6 Å². The van der Waals surface area contributed by atoms with Crippen molar-refractivity contribution >= 4 is 34.9 Å². The fourth-order valence-electron chi connectivity index (χ4n) is 5.01. The number of para-hydroxylation sites is 1. The van der Waals surface area contributed by atoms with Gasteiger partial charge in [0.1, 0.15) is 5.82 Å². The van der Waals surface area contributed by atoms with Crippen molar-refractivity contribution in [3.63, 3.8) is 0 Å². The molecule has 10 heteroatoms. The highest BCUT2D eigenvalue weighted by Crippen LogP contribution is 2.31. The number of benzene rings is 2. The summed E-state index contributed by atoms with van der Waals surface area (Å²) in [5.74, 6) is 1.17. The zero-order chi connectivity index (χ0) is 32.5. The molecule has 3 heterocycles. The maximum absolute atomic E-state index is 12.0. The molecule has 2 aliphatic rings. The summed E-state index contributed by atoms with van der Waals surface area (Å²) in [4.78, 5) is 36.8. The minimum atomic E-state index is -0.581. The molecule has 5 N–H and O–H groups in total. The number of rotatable bonds is 6. The third-order valence-corrected chi connectivity index (χ3v) is 7.38. The van der Waals surface area contributed by atoms with Crippen LogP contribution in [0.15, 0.2) is 60.8 Å². The number of carbonyl (C=O) groups is 2. The summed E-state index contributed by atoms with van der Waals surface area (Å²) in [5, 5.41) is 3.28. The molecule has 2 aromatic carbocycles. The van der Waals surface area contributed by atoms with Gasteiger partial charge in [-0.25, -0.2) is 14.8 Å². The molecule has 0 spiro atoms. The van der Waals surface area contributed by atoms with Crippen molar-refractivity contribution < 1.29 is 9.59 Å². The van der Waals surface area contributed by atoms with Crippen LogP contribution in [0.25, 0.3) is 0 Å². The Kier molecular flexibility index (Phi) is 15.5. The molecule has 0 bridgehead atoms. The topological polar surface area (TPSA) is 134 Å². The summed E-state index contributed by atoms with van der Waals surface area (Å²) >= 11 is 0. The van der Waals surface area contributed by atoms with Gasteiger partial charge in [0.25, 0.3) is 5.91 Å². The number of urea groups is 1. The highest BCUT2D eigenvalue weighted by Gasteiger charge is 2.21. The van der Waals surface area contributed by atoms with Crippen molar-refractivity contribution in [1.29, 1.82) is 0 Å². The van der Waals surface area contributed by atoms with Gasteiger partial charge in [0.15, 0.2) is 11.5 Å². The maximum atomic E-state index is 12.0. The van der Waals surface area contributed by atoms with Crippen LogP contribution in [0.3, 0.4) is 0 Å². The van der Waals surface area contributed by atoms with Crippen LogP contribution in [0.5, 0.6) is 0 Å². The van der Waals surface area contributed by atoms with Gasteiger partial charge >= 0.3 is 6.03 Å². The van der Waals surface area contributed by atoms with Crippen molar-refractivity contribution in [3.05, 3.63) is 72.1 Å². The lowest BCUT2D eigenvalue weighted by Gasteiger charge is -2.34. The van der Waals surface area contributed by atoms with Gasteiger partial charge in [-0.2, -0.15) is 0 Å². The summed E-state index contributed by atoms with van der Waals surface area (Å²) < 4.78 is 0. The van der Waals surface area contributed by atoms with E-state index in [0.717, 1.165) is 63.4 Å². The third-order valence-electron chi connectivity index (χ3n) is 7.38. The van der Waals surface area contributed by atoms with Gasteiger partial charge in [0, 0.05) is 51.6 Å². The number of hydrogen-bond acceptors (Lipinski definition) is 7. The normalized spacial score (nSPS) is 14.4. The predicted molar refractivity (Wildman–Crippen MR) is 183 cm³/mol.